The molecule has 1 spiro atoms. The number of nitrogens with one attached hydrogen (secondary N) is 1. The lowest BCUT2D eigenvalue weighted by Gasteiger charge is -2.43. The Morgan fingerprint density at radius 3 is 2.75 bits per heavy atom. The molecule has 3 atom stereocenters. The lowest BCUT2D eigenvalue weighted by Crippen LogP contribution is -2.56. The number of hydrogen-bond acceptors (Lipinski definition) is 3. The lowest BCUT2D eigenvalue weighted by atomic mass is 9.66. The van der Waals surface area contributed by atoms with E-state index in [0.29, 0.717) is 19.5 Å². The van der Waals surface area contributed by atoms with E-state index in [-0.39, 0.29) is 23.8 Å². The van der Waals surface area contributed by atoms with Crippen molar-refractivity contribution in [2.75, 3.05) is 13.1 Å². The van der Waals surface area contributed by atoms with Crippen LogP contribution in [0.4, 0.5) is 0 Å². The van der Waals surface area contributed by atoms with Crippen LogP contribution in [0.2, 0.25) is 0 Å². The Morgan fingerprint density at radius 1 is 1.29 bits per heavy atom. The number of carbonyl (C=O) groups is 2. The highest BCUT2D eigenvalue weighted by Crippen LogP contribution is 2.50. The first-order valence-corrected chi connectivity index (χ1v) is 10.4. The van der Waals surface area contributed by atoms with Gasteiger partial charge < -0.3 is 14.6 Å². The zero-order chi connectivity index (χ0) is 20.1. The van der Waals surface area contributed by atoms with Gasteiger partial charge in [0.15, 0.2) is 0 Å². The summed E-state index contributed by atoms with van der Waals surface area (Å²) in [5, 5.41) is 3.00. The summed E-state index contributed by atoms with van der Waals surface area (Å²) < 4.78 is 5.72. The Hall–Kier alpha value is -2.30. The van der Waals surface area contributed by atoms with Crippen molar-refractivity contribution in [3.8, 4) is 0 Å². The van der Waals surface area contributed by atoms with Gasteiger partial charge in [-0.3, -0.25) is 9.59 Å². The number of carbonyl (C=O) groups excluding carboxylic acids is 2. The minimum atomic E-state index is -1.00. The molecule has 152 valence electrons. The largest absolute Gasteiger partial charge is 0.469 e. The van der Waals surface area contributed by atoms with Crippen LogP contribution in [0.1, 0.15) is 62.7 Å². The Bertz CT molecular complexity index is 738. The summed E-state index contributed by atoms with van der Waals surface area (Å²) in [5.74, 6) is 0.615. The molecule has 2 fully saturated rings. The molecule has 1 N–H and O–H groups in total. The highest BCUT2D eigenvalue weighted by atomic mass is 16.3. The first kappa shape index (κ1) is 20.4. The maximum Gasteiger partial charge on any atom is 0.238 e. The number of nitrogens with zero attached hydrogens (tertiary/aromatic N) is 1. The Morgan fingerprint density at radius 2 is 2.07 bits per heavy atom. The molecule has 0 aliphatic carbocycles. The van der Waals surface area contributed by atoms with Crippen LogP contribution in [0.25, 0.3) is 0 Å². The summed E-state index contributed by atoms with van der Waals surface area (Å²) in [6.45, 7) is 10.9. The number of amides is 2. The third-order valence-corrected chi connectivity index (χ3v) is 6.12. The Labute approximate surface area is 167 Å². The summed E-state index contributed by atoms with van der Waals surface area (Å²) in [4.78, 5) is 28.5. The number of allylic oxidation sites excluding steroid dienone is 2. The molecule has 2 amide bonds. The van der Waals surface area contributed by atoms with Gasteiger partial charge in [-0.25, -0.2) is 0 Å². The molecule has 2 aliphatic heterocycles. The van der Waals surface area contributed by atoms with E-state index >= 15 is 0 Å². The summed E-state index contributed by atoms with van der Waals surface area (Å²) in [5.41, 5.74) is -0.0293. The van der Waals surface area contributed by atoms with Crippen LogP contribution in [0.3, 0.4) is 0 Å². The Balaban J connectivity index is 1.83. The average Bonchev–Trinajstić information content (AvgIpc) is 3.25. The minimum Gasteiger partial charge on any atom is -0.469 e. The van der Waals surface area contributed by atoms with Gasteiger partial charge in [0.25, 0.3) is 0 Å². The van der Waals surface area contributed by atoms with Crippen LogP contribution in [0.5, 0.6) is 0 Å². The van der Waals surface area contributed by atoms with E-state index in [1.165, 1.54) is 0 Å². The van der Waals surface area contributed by atoms with Crippen molar-refractivity contribution in [2.45, 2.75) is 63.8 Å². The quantitative estimate of drug-likeness (QED) is 0.398. The van der Waals surface area contributed by atoms with Crippen molar-refractivity contribution in [1.82, 2.24) is 10.2 Å². The van der Waals surface area contributed by atoms with Crippen LogP contribution in [0, 0.1) is 5.41 Å². The fraction of sp³-hybridized carbons (Fsp3) is 0.565. The summed E-state index contributed by atoms with van der Waals surface area (Å²) in [6.07, 6.45) is 11.4. The van der Waals surface area contributed by atoms with Gasteiger partial charge in [-0.15, -0.1) is 13.2 Å². The molecule has 0 aromatic carbocycles. The first-order valence-electron chi connectivity index (χ1n) is 10.4. The average molecular weight is 385 g/mol. The van der Waals surface area contributed by atoms with E-state index in [1.807, 2.05) is 30.0 Å². The molecule has 0 radical (unpaired) electrons. The molecule has 3 unspecified atom stereocenters. The lowest BCUT2D eigenvalue weighted by molar-refractivity contribution is -0.154. The molecular weight excluding hydrogens is 352 g/mol. The second-order valence-corrected chi connectivity index (χ2v) is 8.14. The molecule has 5 heteroatoms. The van der Waals surface area contributed by atoms with Crippen LogP contribution in [-0.2, 0) is 16.0 Å². The van der Waals surface area contributed by atoms with Gasteiger partial charge in [-0.2, -0.15) is 0 Å². The second-order valence-electron chi connectivity index (χ2n) is 8.14. The molecule has 3 rings (SSSR count). The number of furan rings is 1. The molecule has 2 aliphatic rings. The molecular formula is C23H32N2O3. The number of unbranched alkanes of at least 4 members (excludes halogenated alkanes) is 2. The highest BCUT2D eigenvalue weighted by molar-refractivity contribution is 6.08. The van der Waals surface area contributed by atoms with Crippen molar-refractivity contribution >= 4 is 11.8 Å². The molecule has 2 saturated heterocycles. The molecule has 1 aromatic heterocycles. The molecule has 0 bridgehead atoms. The van der Waals surface area contributed by atoms with Gasteiger partial charge in [-0.05, 0) is 57.1 Å². The monoisotopic (exact) mass is 384 g/mol. The third kappa shape index (κ3) is 3.80. The number of aryl methyl sites for hydroxylation is 1. The van der Waals surface area contributed by atoms with Crippen LogP contribution >= 0.6 is 0 Å². The fourth-order valence-corrected chi connectivity index (χ4v) is 4.74. The number of piperidine rings is 1. The second kappa shape index (κ2) is 8.80. The van der Waals surface area contributed by atoms with Gasteiger partial charge in [0, 0.05) is 31.5 Å². The van der Waals surface area contributed by atoms with E-state index in [9.17, 15) is 9.59 Å². The van der Waals surface area contributed by atoms with Crippen LogP contribution in [0.15, 0.2) is 42.1 Å². The van der Waals surface area contributed by atoms with Crippen molar-refractivity contribution in [3.63, 3.8) is 0 Å². The van der Waals surface area contributed by atoms with Gasteiger partial charge in [0.2, 0.25) is 11.8 Å². The van der Waals surface area contributed by atoms with Gasteiger partial charge in [0.05, 0.1) is 6.26 Å². The van der Waals surface area contributed by atoms with E-state index < -0.39 is 5.41 Å². The summed E-state index contributed by atoms with van der Waals surface area (Å²) in [7, 11) is 0. The summed E-state index contributed by atoms with van der Waals surface area (Å²) in [6, 6.07) is 2.03. The molecule has 5 nitrogen and oxygen atoms in total. The first-order chi connectivity index (χ1) is 13.5. The SMILES string of the molecule is C=CCCCCN1CCC(c2coc(CCC=C)c2)C2(CC(C)NC2=O)C1=O. The van der Waals surface area contributed by atoms with Crippen LogP contribution < -0.4 is 5.32 Å². The van der Waals surface area contributed by atoms with Crippen molar-refractivity contribution in [1.29, 1.82) is 0 Å². The predicted octanol–water partition coefficient (Wildman–Crippen LogP) is 3.97. The van der Waals surface area contributed by atoms with E-state index in [1.54, 1.807) is 6.26 Å². The zero-order valence-electron chi connectivity index (χ0n) is 16.9. The van der Waals surface area contributed by atoms with Crippen molar-refractivity contribution < 1.29 is 14.0 Å². The Kier molecular flexibility index (Phi) is 6.42. The predicted molar refractivity (Wildman–Crippen MR) is 110 cm³/mol. The van der Waals surface area contributed by atoms with E-state index in [2.05, 4.69) is 18.5 Å². The van der Waals surface area contributed by atoms with Crippen molar-refractivity contribution in [3.05, 3.63) is 49.0 Å². The van der Waals surface area contributed by atoms with E-state index in [0.717, 1.165) is 49.8 Å². The fourth-order valence-electron chi connectivity index (χ4n) is 4.74. The smallest absolute Gasteiger partial charge is 0.238 e. The van der Waals surface area contributed by atoms with Crippen LogP contribution in [-0.4, -0.2) is 35.8 Å². The van der Waals surface area contributed by atoms with Gasteiger partial charge in [0.1, 0.15) is 11.2 Å². The molecule has 28 heavy (non-hydrogen) atoms. The molecule has 1 aromatic rings. The normalized spacial score (nSPS) is 27.2. The number of rotatable bonds is 9. The molecule has 3 heterocycles. The standard InChI is InChI=1S/C23H32N2O3/c1-4-6-8-9-12-25-13-11-20(18-14-19(28-16-18)10-7-5-2)23(22(25)27)15-17(3)24-21(23)26/h4-5,14,16-17,20H,1-2,6-13,15H2,3H3,(H,24,26). The van der Waals surface area contributed by atoms with Gasteiger partial charge in [-0.1, -0.05) is 12.2 Å². The zero-order valence-corrected chi connectivity index (χ0v) is 16.9. The molecule has 0 saturated carbocycles. The maximum absolute atomic E-state index is 13.5. The van der Waals surface area contributed by atoms with Crippen molar-refractivity contribution in [2.24, 2.45) is 5.41 Å². The summed E-state index contributed by atoms with van der Waals surface area (Å²) >= 11 is 0. The third-order valence-electron chi connectivity index (χ3n) is 6.12. The number of hydrogen-bond donors (Lipinski definition) is 1. The van der Waals surface area contributed by atoms with Gasteiger partial charge >= 0.3 is 0 Å². The maximum atomic E-state index is 13.5. The number of likely N-dealkylation sites (tertiary alicyclic amines) is 1. The van der Waals surface area contributed by atoms with E-state index in [4.69, 9.17) is 4.42 Å². The topological polar surface area (TPSA) is 62.6 Å². The highest BCUT2D eigenvalue weighted by Gasteiger charge is 2.60. The minimum absolute atomic E-state index is 0.00630.